The number of hydrogen-bond donors (Lipinski definition) is 2. The summed E-state index contributed by atoms with van der Waals surface area (Å²) in [6, 6.07) is 3.94. The molecule has 2 heterocycles. The zero-order chi connectivity index (χ0) is 28.5. The van der Waals surface area contributed by atoms with Crippen LogP contribution in [0.2, 0.25) is 0 Å². The zero-order valence-corrected chi connectivity index (χ0v) is 27.6. The third kappa shape index (κ3) is 12.7. The summed E-state index contributed by atoms with van der Waals surface area (Å²) >= 11 is 3.26. The van der Waals surface area contributed by atoms with Crippen LogP contribution < -0.4 is 0 Å². The monoisotopic (exact) mass is 576 g/mol. The Hall–Kier alpha value is -0.840. The Bertz CT molecular complexity index is 870. The van der Waals surface area contributed by atoms with Gasteiger partial charge in [0.1, 0.15) is 5.75 Å². The van der Waals surface area contributed by atoms with Crippen molar-refractivity contribution in [1.29, 1.82) is 0 Å². The predicted octanol–water partition coefficient (Wildman–Crippen LogP) is 12.3. The van der Waals surface area contributed by atoms with Crippen LogP contribution in [0.5, 0.6) is 5.75 Å². The molecule has 0 aliphatic heterocycles. The fourth-order valence-electron chi connectivity index (χ4n) is 6.07. The second-order valence-electron chi connectivity index (χ2n) is 12.8. The van der Waals surface area contributed by atoms with E-state index in [-0.39, 0.29) is 0 Å². The summed E-state index contributed by atoms with van der Waals surface area (Å²) in [6.07, 6.45) is 22.1. The first-order valence-corrected chi connectivity index (χ1v) is 18.1. The summed E-state index contributed by atoms with van der Waals surface area (Å²) in [5.41, 5.74) is 0.219. The Morgan fingerprint density at radius 3 is 1.90 bits per heavy atom. The lowest BCUT2D eigenvalue weighted by molar-refractivity contribution is -0.00521. The van der Waals surface area contributed by atoms with Crippen molar-refractivity contribution in [1.82, 2.24) is 0 Å². The van der Waals surface area contributed by atoms with Gasteiger partial charge in [-0.15, -0.1) is 22.7 Å². The summed E-state index contributed by atoms with van der Waals surface area (Å²) in [6.45, 7) is 11.6. The van der Waals surface area contributed by atoms with Gasteiger partial charge in [0.05, 0.1) is 15.4 Å². The SMILES string of the molecule is CCCCCCCCC(CCCCCC)CC(O)(CCC(C)CCCC(C)C)c1ccsc1-c1sccc1O. The molecule has 3 unspecified atom stereocenters. The highest BCUT2D eigenvalue weighted by molar-refractivity contribution is 7.20. The van der Waals surface area contributed by atoms with Crippen LogP contribution in [-0.2, 0) is 5.60 Å². The highest BCUT2D eigenvalue weighted by atomic mass is 32.1. The molecule has 0 fully saturated rings. The largest absolute Gasteiger partial charge is 0.506 e. The third-order valence-corrected chi connectivity index (χ3v) is 10.6. The second kappa shape index (κ2) is 19.3. The highest BCUT2D eigenvalue weighted by Gasteiger charge is 2.36. The molecule has 2 rings (SSSR count). The molecule has 0 aliphatic rings. The van der Waals surface area contributed by atoms with E-state index < -0.39 is 5.60 Å². The van der Waals surface area contributed by atoms with E-state index in [0.29, 0.717) is 17.6 Å². The molecule has 2 nitrogen and oxygen atoms in total. The molecule has 3 atom stereocenters. The summed E-state index contributed by atoms with van der Waals surface area (Å²) in [5.74, 6) is 2.28. The lowest BCUT2D eigenvalue weighted by Crippen LogP contribution is -2.30. The summed E-state index contributed by atoms with van der Waals surface area (Å²) in [5, 5.41) is 27.2. The van der Waals surface area contributed by atoms with Crippen LogP contribution in [0, 0.1) is 17.8 Å². The average Bonchev–Trinajstić information content (AvgIpc) is 3.56. The Kier molecular flexibility index (Phi) is 17.0. The van der Waals surface area contributed by atoms with Crippen molar-refractivity contribution in [3.05, 3.63) is 28.5 Å². The normalized spacial score (nSPS) is 15.1. The van der Waals surface area contributed by atoms with E-state index in [1.165, 1.54) is 96.3 Å². The number of rotatable bonds is 23. The smallest absolute Gasteiger partial charge is 0.135 e. The number of aliphatic hydroxyl groups is 1. The summed E-state index contributed by atoms with van der Waals surface area (Å²) in [4.78, 5) is 1.99. The van der Waals surface area contributed by atoms with Gasteiger partial charge in [-0.2, -0.15) is 0 Å². The molecule has 0 saturated carbocycles. The molecule has 0 saturated heterocycles. The first kappa shape index (κ1) is 34.4. The topological polar surface area (TPSA) is 40.5 Å². The van der Waals surface area contributed by atoms with E-state index in [2.05, 4.69) is 46.1 Å². The van der Waals surface area contributed by atoms with E-state index in [1.807, 2.05) is 5.38 Å². The fourth-order valence-corrected chi connectivity index (χ4v) is 8.04. The molecule has 0 aromatic carbocycles. The molecule has 4 heteroatoms. The van der Waals surface area contributed by atoms with Crippen molar-refractivity contribution >= 4 is 22.7 Å². The standard InChI is InChI=1S/C35H60O2S2/c1-6-8-10-12-13-15-20-30(19-14-11-9-7-2)27-35(37,24-21-29(5)18-16-17-28(3)4)31-22-25-38-33(31)34-32(36)23-26-39-34/h22-23,25-26,28-30,36-37H,6-21,24,27H2,1-5H3. The maximum Gasteiger partial charge on any atom is 0.135 e. The maximum absolute atomic E-state index is 12.6. The van der Waals surface area contributed by atoms with Crippen LogP contribution >= 0.6 is 22.7 Å². The molecule has 0 amide bonds. The minimum Gasteiger partial charge on any atom is -0.506 e. The Balaban J connectivity index is 2.21. The van der Waals surface area contributed by atoms with Crippen molar-refractivity contribution < 1.29 is 10.2 Å². The van der Waals surface area contributed by atoms with Crippen molar-refractivity contribution in [2.45, 2.75) is 156 Å². The zero-order valence-electron chi connectivity index (χ0n) is 26.0. The Labute approximate surface area is 249 Å². The summed E-state index contributed by atoms with van der Waals surface area (Å²) < 4.78 is 0. The Morgan fingerprint density at radius 2 is 1.28 bits per heavy atom. The molecule has 0 spiro atoms. The molecule has 0 bridgehead atoms. The molecule has 39 heavy (non-hydrogen) atoms. The van der Waals surface area contributed by atoms with Gasteiger partial charge in [-0.3, -0.25) is 0 Å². The molecule has 2 aromatic rings. The third-order valence-electron chi connectivity index (χ3n) is 8.60. The van der Waals surface area contributed by atoms with Crippen molar-refractivity contribution in [2.75, 3.05) is 0 Å². The van der Waals surface area contributed by atoms with Gasteiger partial charge in [0, 0.05) is 5.56 Å². The number of hydrogen-bond acceptors (Lipinski definition) is 4. The van der Waals surface area contributed by atoms with Crippen LogP contribution in [-0.4, -0.2) is 10.2 Å². The van der Waals surface area contributed by atoms with E-state index in [0.717, 1.165) is 40.5 Å². The predicted molar refractivity (Wildman–Crippen MR) is 175 cm³/mol. The molecule has 224 valence electrons. The van der Waals surface area contributed by atoms with Crippen molar-refractivity contribution in [3.8, 4) is 15.5 Å². The number of aromatic hydroxyl groups is 1. The van der Waals surface area contributed by atoms with Gasteiger partial charge < -0.3 is 10.2 Å². The minimum absolute atomic E-state index is 0.344. The van der Waals surface area contributed by atoms with Crippen LogP contribution in [0.1, 0.15) is 156 Å². The van der Waals surface area contributed by atoms with E-state index >= 15 is 0 Å². The average molecular weight is 577 g/mol. The number of unbranched alkanes of at least 4 members (excludes halogenated alkanes) is 8. The van der Waals surface area contributed by atoms with Gasteiger partial charge in [-0.25, -0.2) is 0 Å². The van der Waals surface area contributed by atoms with Crippen LogP contribution in [0.25, 0.3) is 9.75 Å². The lowest BCUT2D eigenvalue weighted by atomic mass is 9.76. The highest BCUT2D eigenvalue weighted by Crippen LogP contribution is 2.47. The van der Waals surface area contributed by atoms with E-state index in [1.54, 1.807) is 28.7 Å². The van der Waals surface area contributed by atoms with E-state index in [9.17, 15) is 10.2 Å². The minimum atomic E-state index is -0.838. The van der Waals surface area contributed by atoms with E-state index in [4.69, 9.17) is 0 Å². The fraction of sp³-hybridized carbons (Fsp3) is 0.771. The van der Waals surface area contributed by atoms with Gasteiger partial charge in [0.15, 0.2) is 0 Å². The first-order chi connectivity index (χ1) is 18.8. The summed E-state index contributed by atoms with van der Waals surface area (Å²) in [7, 11) is 0. The van der Waals surface area contributed by atoms with Gasteiger partial charge in [0.25, 0.3) is 0 Å². The molecular weight excluding hydrogens is 517 g/mol. The lowest BCUT2D eigenvalue weighted by Gasteiger charge is -2.34. The molecule has 0 radical (unpaired) electrons. The Morgan fingerprint density at radius 1 is 0.692 bits per heavy atom. The van der Waals surface area contributed by atoms with Crippen LogP contribution in [0.3, 0.4) is 0 Å². The van der Waals surface area contributed by atoms with Gasteiger partial charge in [-0.05, 0) is 59.9 Å². The van der Waals surface area contributed by atoms with Gasteiger partial charge in [0.2, 0.25) is 0 Å². The van der Waals surface area contributed by atoms with Crippen LogP contribution in [0.4, 0.5) is 0 Å². The molecule has 2 N–H and O–H groups in total. The van der Waals surface area contributed by atoms with Crippen LogP contribution in [0.15, 0.2) is 22.9 Å². The number of thiophene rings is 2. The quantitative estimate of drug-likeness (QED) is 0.129. The molecule has 0 aliphatic carbocycles. The van der Waals surface area contributed by atoms with Gasteiger partial charge >= 0.3 is 0 Å². The van der Waals surface area contributed by atoms with Crippen molar-refractivity contribution in [3.63, 3.8) is 0 Å². The molecular formula is C35H60O2S2. The van der Waals surface area contributed by atoms with Gasteiger partial charge in [-0.1, -0.05) is 131 Å². The molecule has 2 aromatic heterocycles. The van der Waals surface area contributed by atoms with Crippen molar-refractivity contribution in [2.24, 2.45) is 17.8 Å². The first-order valence-electron chi connectivity index (χ1n) is 16.4. The maximum atomic E-state index is 12.6. The second-order valence-corrected chi connectivity index (χ2v) is 14.6.